The summed E-state index contributed by atoms with van der Waals surface area (Å²) in [5.74, 6) is -0.116. The van der Waals surface area contributed by atoms with E-state index in [2.05, 4.69) is 4.99 Å². The van der Waals surface area contributed by atoms with Gasteiger partial charge >= 0.3 is 0 Å². The topological polar surface area (TPSA) is 65.6 Å². The number of aliphatic imine (C=N–C) groups is 2. The Hall–Kier alpha value is -2.21. The second-order valence-electron chi connectivity index (χ2n) is 6.34. The van der Waals surface area contributed by atoms with Crippen LogP contribution in [-0.4, -0.2) is 22.9 Å². The molecule has 148 valence electrons. The molecule has 7 heteroatoms. The molecule has 29 heavy (non-hydrogen) atoms. The van der Waals surface area contributed by atoms with E-state index in [0.717, 1.165) is 35.7 Å². The zero-order valence-electron chi connectivity index (χ0n) is 15.8. The first-order valence-electron chi connectivity index (χ1n) is 9.12. The summed E-state index contributed by atoms with van der Waals surface area (Å²) in [6, 6.07) is 12.8. The number of hydrogen-bond donors (Lipinski definition) is 1. The minimum Gasteiger partial charge on any atom is -0.288 e. The van der Waals surface area contributed by atoms with Gasteiger partial charge in [-0.25, -0.2) is 4.99 Å². The first-order chi connectivity index (χ1) is 14.0. The van der Waals surface area contributed by atoms with Crippen LogP contribution in [0, 0.1) is 5.41 Å². The monoisotopic (exact) mass is 443 g/mol. The Balaban J connectivity index is 1.90. The van der Waals surface area contributed by atoms with Crippen molar-refractivity contribution in [3.63, 3.8) is 0 Å². The van der Waals surface area contributed by atoms with Gasteiger partial charge in [0.15, 0.2) is 5.17 Å². The molecule has 2 aromatic carbocycles. The molecule has 0 aromatic heterocycles. The highest BCUT2D eigenvalue weighted by Gasteiger charge is 2.25. The molecule has 0 saturated carbocycles. The maximum absolute atomic E-state index is 12.9. The average Bonchev–Trinajstić information content (AvgIpc) is 2.72. The third-order valence-electron chi connectivity index (χ3n) is 4.19. The number of fused-ring (bicyclic) bond motifs is 1. The standard InChI is InChI=1S/C22H19Cl2N3OS/c1-2-3-10-26-22(25)29-20-12-19(15-6-4-5-7-16(15)21(20)28)27-13-14-8-9-17(23)18(24)11-14/h4-12,25H,2-3,13H2,1H3. The molecule has 0 aliphatic heterocycles. The van der Waals surface area contributed by atoms with Crippen molar-refractivity contribution in [1.82, 2.24) is 0 Å². The number of nitrogens with zero attached hydrogens (tertiary/aromatic N) is 2. The molecule has 4 nitrogen and oxygen atoms in total. The number of thioether (sulfide) groups is 1. The smallest absolute Gasteiger partial charge is 0.200 e. The number of amidine groups is 1. The highest BCUT2D eigenvalue weighted by Crippen LogP contribution is 2.30. The lowest BCUT2D eigenvalue weighted by Gasteiger charge is -2.17. The molecule has 0 radical (unpaired) electrons. The maximum atomic E-state index is 12.9. The van der Waals surface area contributed by atoms with Gasteiger partial charge in [-0.1, -0.05) is 66.9 Å². The fourth-order valence-electron chi connectivity index (χ4n) is 2.73. The lowest BCUT2D eigenvalue weighted by atomic mass is 9.94. The zero-order chi connectivity index (χ0) is 20.8. The molecule has 1 N–H and O–H groups in total. The summed E-state index contributed by atoms with van der Waals surface area (Å²) in [7, 11) is 0. The van der Waals surface area contributed by atoms with Gasteiger partial charge in [-0.2, -0.15) is 0 Å². The van der Waals surface area contributed by atoms with Crippen LogP contribution in [0.5, 0.6) is 0 Å². The first-order valence-corrected chi connectivity index (χ1v) is 10.7. The van der Waals surface area contributed by atoms with Crippen molar-refractivity contribution in [2.45, 2.75) is 26.3 Å². The summed E-state index contributed by atoms with van der Waals surface area (Å²) < 4.78 is 0. The summed E-state index contributed by atoms with van der Waals surface area (Å²) in [6.45, 7) is 2.44. The molecular weight excluding hydrogens is 425 g/mol. The fraction of sp³-hybridized carbons (Fsp3) is 0.182. The Labute approximate surface area is 184 Å². The predicted molar refractivity (Wildman–Crippen MR) is 124 cm³/mol. The van der Waals surface area contributed by atoms with Crippen molar-refractivity contribution in [2.24, 2.45) is 9.98 Å². The Morgan fingerprint density at radius 2 is 1.90 bits per heavy atom. The van der Waals surface area contributed by atoms with Crippen molar-refractivity contribution in [3.05, 3.63) is 80.2 Å². The molecule has 0 atom stereocenters. The highest BCUT2D eigenvalue weighted by molar-refractivity contribution is 8.17. The van der Waals surface area contributed by atoms with E-state index in [1.165, 1.54) is 0 Å². The quantitative estimate of drug-likeness (QED) is 0.417. The van der Waals surface area contributed by atoms with Crippen LogP contribution in [0.25, 0.3) is 0 Å². The van der Waals surface area contributed by atoms with Crippen LogP contribution in [0.15, 0.2) is 63.4 Å². The molecule has 0 saturated heterocycles. The largest absolute Gasteiger partial charge is 0.288 e. The van der Waals surface area contributed by atoms with E-state index in [9.17, 15) is 4.79 Å². The van der Waals surface area contributed by atoms with Crippen LogP contribution in [-0.2, 0) is 6.54 Å². The second kappa shape index (κ2) is 10.0. The summed E-state index contributed by atoms with van der Waals surface area (Å²) in [5, 5.41) is 9.09. The van der Waals surface area contributed by atoms with E-state index >= 15 is 0 Å². The number of ketones is 1. The van der Waals surface area contributed by atoms with Crippen LogP contribution in [0.1, 0.15) is 41.3 Å². The molecular formula is C22H19Cl2N3OS. The number of carbonyl (C=O) groups is 1. The van der Waals surface area contributed by atoms with Crippen molar-refractivity contribution in [1.29, 1.82) is 5.41 Å². The first kappa shape index (κ1) is 21.5. The van der Waals surface area contributed by atoms with Crippen molar-refractivity contribution in [2.75, 3.05) is 0 Å². The van der Waals surface area contributed by atoms with Crippen molar-refractivity contribution < 1.29 is 4.79 Å². The Morgan fingerprint density at radius 3 is 2.62 bits per heavy atom. The minimum atomic E-state index is -0.116. The third-order valence-corrected chi connectivity index (χ3v) is 5.75. The average molecular weight is 444 g/mol. The Kier molecular flexibility index (Phi) is 7.42. The van der Waals surface area contributed by atoms with E-state index in [4.69, 9.17) is 33.6 Å². The van der Waals surface area contributed by atoms with E-state index in [1.54, 1.807) is 30.5 Å². The molecule has 2 aromatic rings. The number of Topliss-reactive ketones (excluding diaryl/α,β-unsaturated/α-hetero) is 1. The van der Waals surface area contributed by atoms with Crippen LogP contribution in [0.2, 0.25) is 10.0 Å². The number of benzene rings is 2. The van der Waals surface area contributed by atoms with Gasteiger partial charge in [-0.05, 0) is 42.0 Å². The number of allylic oxidation sites excluding steroid dienone is 2. The lowest BCUT2D eigenvalue weighted by molar-refractivity contribution is 0.104. The van der Waals surface area contributed by atoms with Gasteiger partial charge in [0.2, 0.25) is 5.78 Å². The molecule has 1 aliphatic rings. The van der Waals surface area contributed by atoms with Crippen LogP contribution in [0.4, 0.5) is 0 Å². The van der Waals surface area contributed by atoms with Crippen LogP contribution < -0.4 is 0 Å². The normalized spacial score (nSPS) is 14.9. The molecule has 0 fully saturated rings. The second-order valence-corrected chi connectivity index (χ2v) is 8.19. The number of nitrogens with one attached hydrogen (secondary N) is 1. The van der Waals surface area contributed by atoms with Crippen molar-refractivity contribution >= 4 is 57.8 Å². The van der Waals surface area contributed by atoms with E-state index < -0.39 is 0 Å². The fourth-order valence-corrected chi connectivity index (χ4v) is 3.76. The molecule has 0 spiro atoms. The predicted octanol–water partition coefficient (Wildman–Crippen LogP) is 6.60. The number of rotatable bonds is 5. The van der Waals surface area contributed by atoms with Crippen LogP contribution >= 0.6 is 35.0 Å². The van der Waals surface area contributed by atoms with Crippen molar-refractivity contribution in [3.8, 4) is 0 Å². The van der Waals surface area contributed by atoms with Gasteiger partial charge in [-0.15, -0.1) is 0 Å². The summed E-state index contributed by atoms with van der Waals surface area (Å²) in [5.41, 5.74) is 2.97. The number of halogens is 2. The van der Waals surface area contributed by atoms with E-state index in [1.807, 2.05) is 31.2 Å². The summed E-state index contributed by atoms with van der Waals surface area (Å²) >= 11 is 13.1. The van der Waals surface area contributed by atoms with Gasteiger partial charge < -0.3 is 0 Å². The van der Waals surface area contributed by atoms with Gasteiger partial charge in [0.1, 0.15) is 0 Å². The lowest BCUT2D eigenvalue weighted by Crippen LogP contribution is -2.17. The maximum Gasteiger partial charge on any atom is 0.200 e. The SMILES string of the molecule is CCCC=NC(=N)SC1=CC(=NCc2ccc(Cl)c(Cl)c2)c2ccccc2C1=O. The molecule has 0 amide bonds. The van der Waals surface area contributed by atoms with Gasteiger partial charge in [-0.3, -0.25) is 15.2 Å². The third kappa shape index (κ3) is 5.44. The minimum absolute atomic E-state index is 0.0845. The summed E-state index contributed by atoms with van der Waals surface area (Å²) in [4.78, 5) is 22.1. The number of unbranched alkanes of at least 4 members (excludes halogenated alkanes) is 1. The van der Waals surface area contributed by atoms with Crippen LogP contribution in [0.3, 0.4) is 0 Å². The van der Waals surface area contributed by atoms with E-state index in [0.29, 0.717) is 32.8 Å². The van der Waals surface area contributed by atoms with Gasteiger partial charge in [0.25, 0.3) is 0 Å². The highest BCUT2D eigenvalue weighted by atomic mass is 35.5. The molecule has 0 unspecified atom stereocenters. The Bertz CT molecular complexity index is 1040. The molecule has 3 rings (SSSR count). The molecule has 1 aliphatic carbocycles. The van der Waals surface area contributed by atoms with Gasteiger partial charge in [0, 0.05) is 17.3 Å². The summed E-state index contributed by atoms with van der Waals surface area (Å²) in [6.07, 6.45) is 5.20. The number of hydrogen-bond acceptors (Lipinski definition) is 4. The number of carbonyl (C=O) groups excluding carboxylic acids is 1. The van der Waals surface area contributed by atoms with E-state index in [-0.39, 0.29) is 11.0 Å². The Morgan fingerprint density at radius 1 is 1.14 bits per heavy atom. The van der Waals surface area contributed by atoms with Gasteiger partial charge in [0.05, 0.1) is 27.2 Å². The molecule has 0 heterocycles. The molecule has 0 bridgehead atoms. The zero-order valence-corrected chi connectivity index (χ0v) is 18.1.